The Kier molecular flexibility index (Phi) is 8.55. The predicted molar refractivity (Wildman–Crippen MR) is 127 cm³/mol. The predicted octanol–water partition coefficient (Wildman–Crippen LogP) is 2.83. The zero-order valence-electron chi connectivity index (χ0n) is 19.6. The van der Waals surface area contributed by atoms with Gasteiger partial charge in [0.05, 0.1) is 23.7 Å². The molecule has 0 aromatic heterocycles. The van der Waals surface area contributed by atoms with Crippen molar-refractivity contribution in [1.29, 1.82) is 0 Å². The summed E-state index contributed by atoms with van der Waals surface area (Å²) in [5.41, 5.74) is 1.71. The number of morpholine rings is 1. The fraction of sp³-hybridized carbons (Fsp3) is 0.417. The van der Waals surface area contributed by atoms with Crippen LogP contribution in [0.5, 0.6) is 0 Å². The first-order valence-electron chi connectivity index (χ1n) is 11.1. The summed E-state index contributed by atoms with van der Waals surface area (Å²) in [7, 11) is 1.54. The average Bonchev–Trinajstić information content (AvgIpc) is 2.82. The van der Waals surface area contributed by atoms with Crippen LogP contribution in [0, 0.1) is 10.1 Å². The molecular formula is C24H30N4O6. The highest BCUT2D eigenvalue weighted by Gasteiger charge is 2.26. The number of ether oxygens (including phenoxy) is 2. The van der Waals surface area contributed by atoms with E-state index in [2.05, 4.69) is 10.6 Å². The number of amides is 2. The molecule has 0 aliphatic carbocycles. The van der Waals surface area contributed by atoms with Crippen molar-refractivity contribution in [3.05, 3.63) is 69.3 Å². The van der Waals surface area contributed by atoms with Crippen LogP contribution in [0.25, 0.3) is 0 Å². The van der Waals surface area contributed by atoms with Gasteiger partial charge in [-0.3, -0.25) is 19.7 Å². The van der Waals surface area contributed by atoms with E-state index in [1.165, 1.54) is 18.2 Å². The van der Waals surface area contributed by atoms with Crippen LogP contribution in [-0.2, 0) is 16.0 Å². The zero-order chi connectivity index (χ0) is 24.7. The van der Waals surface area contributed by atoms with Gasteiger partial charge in [0, 0.05) is 50.5 Å². The summed E-state index contributed by atoms with van der Waals surface area (Å²) in [4.78, 5) is 38.0. The number of methoxy groups -OCH3 is 1. The molecule has 1 heterocycles. The van der Waals surface area contributed by atoms with E-state index in [9.17, 15) is 19.7 Å². The summed E-state index contributed by atoms with van der Waals surface area (Å²) >= 11 is 0. The highest BCUT2D eigenvalue weighted by atomic mass is 16.6. The van der Waals surface area contributed by atoms with E-state index in [-0.39, 0.29) is 35.9 Å². The van der Waals surface area contributed by atoms with Gasteiger partial charge < -0.3 is 25.0 Å². The largest absolute Gasteiger partial charge is 0.383 e. The van der Waals surface area contributed by atoms with Gasteiger partial charge in [-0.1, -0.05) is 12.1 Å². The highest BCUT2D eigenvalue weighted by molar-refractivity contribution is 5.96. The fourth-order valence-electron chi connectivity index (χ4n) is 3.84. The molecule has 182 valence electrons. The third-order valence-corrected chi connectivity index (χ3v) is 5.44. The molecule has 3 rings (SSSR count). The lowest BCUT2D eigenvalue weighted by molar-refractivity contribution is -0.384. The van der Waals surface area contributed by atoms with Crippen LogP contribution in [0.15, 0.2) is 42.5 Å². The lowest BCUT2D eigenvalue weighted by Gasteiger charge is -2.35. The number of nitrogens with one attached hydrogen (secondary N) is 2. The minimum Gasteiger partial charge on any atom is -0.383 e. The quantitative estimate of drug-likeness (QED) is 0.328. The molecular weight excluding hydrogens is 440 g/mol. The van der Waals surface area contributed by atoms with E-state index in [0.29, 0.717) is 37.5 Å². The summed E-state index contributed by atoms with van der Waals surface area (Å²) < 4.78 is 10.6. The molecule has 1 aliphatic heterocycles. The molecule has 1 saturated heterocycles. The van der Waals surface area contributed by atoms with Crippen LogP contribution in [-0.4, -0.2) is 67.2 Å². The van der Waals surface area contributed by atoms with Gasteiger partial charge in [0.1, 0.15) is 5.69 Å². The number of hydrogen-bond donors (Lipinski definition) is 2. The summed E-state index contributed by atoms with van der Waals surface area (Å²) in [5.74, 6) is -0.480. The van der Waals surface area contributed by atoms with E-state index in [4.69, 9.17) is 9.47 Å². The monoisotopic (exact) mass is 470 g/mol. The summed E-state index contributed by atoms with van der Waals surface area (Å²) in [6.45, 7) is 6.02. The van der Waals surface area contributed by atoms with E-state index < -0.39 is 10.8 Å². The minimum absolute atomic E-state index is 0.00628. The van der Waals surface area contributed by atoms with Crippen molar-refractivity contribution < 1.29 is 24.0 Å². The van der Waals surface area contributed by atoms with Crippen molar-refractivity contribution in [3.63, 3.8) is 0 Å². The maximum atomic E-state index is 12.8. The molecule has 0 saturated carbocycles. The third-order valence-electron chi connectivity index (χ3n) is 5.44. The van der Waals surface area contributed by atoms with Gasteiger partial charge in [-0.15, -0.1) is 0 Å². The lowest BCUT2D eigenvalue weighted by Crippen LogP contribution is -2.48. The van der Waals surface area contributed by atoms with Crippen molar-refractivity contribution in [3.8, 4) is 0 Å². The minimum atomic E-state index is -0.530. The molecule has 2 aromatic carbocycles. The molecule has 10 nitrogen and oxygen atoms in total. The third kappa shape index (κ3) is 6.52. The van der Waals surface area contributed by atoms with Gasteiger partial charge in [0.15, 0.2) is 0 Å². The Morgan fingerprint density at radius 1 is 1.12 bits per heavy atom. The lowest BCUT2D eigenvalue weighted by atomic mass is 10.1. The first-order valence-corrected chi connectivity index (χ1v) is 11.1. The van der Waals surface area contributed by atoms with Gasteiger partial charge in [-0.05, 0) is 43.7 Å². The number of rotatable bonds is 9. The number of carbonyl (C=O) groups excluding carboxylic acids is 2. The van der Waals surface area contributed by atoms with E-state index >= 15 is 0 Å². The normalized spacial score (nSPS) is 17.8. The molecule has 2 amide bonds. The molecule has 34 heavy (non-hydrogen) atoms. The van der Waals surface area contributed by atoms with Gasteiger partial charge in [-0.2, -0.15) is 0 Å². The topological polar surface area (TPSA) is 123 Å². The first kappa shape index (κ1) is 25.1. The Morgan fingerprint density at radius 2 is 1.76 bits per heavy atom. The summed E-state index contributed by atoms with van der Waals surface area (Å²) in [6, 6.07) is 11.3. The highest BCUT2D eigenvalue weighted by Crippen LogP contribution is 2.25. The Morgan fingerprint density at radius 3 is 2.38 bits per heavy atom. The van der Waals surface area contributed by atoms with E-state index in [0.717, 1.165) is 5.56 Å². The van der Waals surface area contributed by atoms with Crippen molar-refractivity contribution in [1.82, 2.24) is 10.2 Å². The number of nitro benzene ring substituents is 1. The van der Waals surface area contributed by atoms with E-state index in [1.807, 2.05) is 13.8 Å². The zero-order valence-corrected chi connectivity index (χ0v) is 19.6. The standard InChI is InChI=1S/C24H30N4O6/c1-16-14-27(15-17(2)34-16)24(30)19-6-4-18(5-7-19)13-26-23(29)20-8-9-21(25-10-11-33-3)22(12-20)28(31)32/h4-9,12,16-17,25H,10-11,13-15H2,1-3H3,(H,26,29). The Balaban J connectivity index is 1.60. The van der Waals surface area contributed by atoms with Crippen LogP contribution >= 0.6 is 0 Å². The Labute approximate surface area is 198 Å². The maximum absolute atomic E-state index is 12.8. The molecule has 0 radical (unpaired) electrons. The molecule has 1 fully saturated rings. The average molecular weight is 471 g/mol. The molecule has 10 heteroatoms. The Bertz CT molecular complexity index is 1020. The molecule has 2 N–H and O–H groups in total. The van der Waals surface area contributed by atoms with Gasteiger partial charge in [0.25, 0.3) is 17.5 Å². The number of benzene rings is 2. The molecule has 1 aliphatic rings. The molecule has 2 aromatic rings. The van der Waals surface area contributed by atoms with Crippen LogP contribution in [0.2, 0.25) is 0 Å². The Hall–Kier alpha value is -3.50. The molecule has 2 unspecified atom stereocenters. The van der Waals surface area contributed by atoms with E-state index in [1.54, 1.807) is 36.3 Å². The number of anilines is 1. The number of carbonyl (C=O) groups is 2. The van der Waals surface area contributed by atoms with Gasteiger partial charge in [-0.25, -0.2) is 0 Å². The van der Waals surface area contributed by atoms with Crippen LogP contribution in [0.4, 0.5) is 11.4 Å². The fourth-order valence-corrected chi connectivity index (χ4v) is 3.84. The smallest absolute Gasteiger partial charge is 0.293 e. The van der Waals surface area contributed by atoms with Crippen molar-refractivity contribution in [2.75, 3.05) is 38.7 Å². The van der Waals surface area contributed by atoms with Crippen molar-refractivity contribution >= 4 is 23.2 Å². The second kappa shape index (κ2) is 11.6. The molecule has 0 bridgehead atoms. The summed E-state index contributed by atoms with van der Waals surface area (Å²) in [5, 5.41) is 17.1. The molecule has 2 atom stereocenters. The SMILES string of the molecule is COCCNc1ccc(C(=O)NCc2ccc(C(=O)N3CC(C)OC(C)C3)cc2)cc1[N+](=O)[O-]. The first-order chi connectivity index (χ1) is 16.3. The van der Waals surface area contributed by atoms with Crippen molar-refractivity contribution in [2.45, 2.75) is 32.6 Å². The second-order valence-electron chi connectivity index (χ2n) is 8.26. The van der Waals surface area contributed by atoms with Gasteiger partial charge in [0.2, 0.25) is 0 Å². The van der Waals surface area contributed by atoms with Crippen LogP contribution in [0.1, 0.15) is 40.1 Å². The number of hydrogen-bond acceptors (Lipinski definition) is 7. The maximum Gasteiger partial charge on any atom is 0.293 e. The number of nitro groups is 1. The number of nitrogens with zero attached hydrogens (tertiary/aromatic N) is 2. The van der Waals surface area contributed by atoms with Crippen LogP contribution in [0.3, 0.4) is 0 Å². The van der Waals surface area contributed by atoms with Gasteiger partial charge >= 0.3 is 0 Å². The second-order valence-corrected chi connectivity index (χ2v) is 8.26. The summed E-state index contributed by atoms with van der Waals surface area (Å²) in [6.07, 6.45) is -0.0126. The van der Waals surface area contributed by atoms with Crippen molar-refractivity contribution in [2.24, 2.45) is 0 Å². The molecule has 0 spiro atoms. The van der Waals surface area contributed by atoms with Crippen LogP contribution < -0.4 is 10.6 Å².